The maximum Gasteiger partial charge on any atom is 0.138 e. The van der Waals surface area contributed by atoms with E-state index in [-0.39, 0.29) is 0 Å². The minimum absolute atomic E-state index is 0.520. The lowest BCUT2D eigenvalue weighted by Crippen LogP contribution is -2.09. The highest BCUT2D eigenvalue weighted by atomic mass is 16.3. The fourth-order valence-electron chi connectivity index (χ4n) is 1.73. The smallest absolute Gasteiger partial charge is 0.138 e. The summed E-state index contributed by atoms with van der Waals surface area (Å²) < 4.78 is 5.78. The summed E-state index contributed by atoms with van der Waals surface area (Å²) >= 11 is 0. The molecule has 3 nitrogen and oxygen atoms in total. The fourth-order valence-corrected chi connectivity index (χ4v) is 1.73. The predicted molar refractivity (Wildman–Crippen MR) is 61.5 cm³/mol. The highest BCUT2D eigenvalue weighted by Gasteiger charge is 2.07. The Kier molecular flexibility index (Phi) is 2.75. The van der Waals surface area contributed by atoms with Crippen LogP contribution in [0.2, 0.25) is 0 Å². The van der Waals surface area contributed by atoms with Gasteiger partial charge in [-0.3, -0.25) is 0 Å². The first kappa shape index (κ1) is 10.2. The van der Waals surface area contributed by atoms with Gasteiger partial charge in [-0.1, -0.05) is 18.2 Å². The largest absolute Gasteiger partial charge is 0.459 e. The van der Waals surface area contributed by atoms with E-state index in [9.17, 15) is 0 Å². The Balaban J connectivity index is 2.45. The van der Waals surface area contributed by atoms with E-state index < -0.39 is 0 Å². The first-order valence-corrected chi connectivity index (χ1v) is 5.06. The van der Waals surface area contributed by atoms with Crippen LogP contribution in [0.15, 0.2) is 28.7 Å². The van der Waals surface area contributed by atoms with Gasteiger partial charge in [0.15, 0.2) is 0 Å². The monoisotopic (exact) mass is 204 g/mol. The number of benzene rings is 1. The van der Waals surface area contributed by atoms with Crippen LogP contribution in [0.4, 0.5) is 0 Å². The van der Waals surface area contributed by atoms with Gasteiger partial charge in [-0.05, 0) is 20.2 Å². The molecule has 3 heteroatoms. The Hall–Kier alpha value is -1.32. The van der Waals surface area contributed by atoms with Crippen molar-refractivity contribution in [2.45, 2.75) is 13.1 Å². The van der Waals surface area contributed by atoms with Gasteiger partial charge in [0.05, 0.1) is 6.54 Å². The molecule has 80 valence electrons. The van der Waals surface area contributed by atoms with Crippen LogP contribution in [-0.2, 0) is 13.1 Å². The van der Waals surface area contributed by atoms with Crippen molar-refractivity contribution >= 4 is 11.0 Å². The van der Waals surface area contributed by atoms with Crippen LogP contribution in [0.3, 0.4) is 0 Å². The third-order valence-corrected chi connectivity index (χ3v) is 2.37. The zero-order valence-corrected chi connectivity index (χ0v) is 9.16. The van der Waals surface area contributed by atoms with Crippen molar-refractivity contribution in [3.05, 3.63) is 35.6 Å². The second-order valence-corrected chi connectivity index (χ2v) is 3.99. The molecule has 0 fully saturated rings. The number of fused-ring (bicyclic) bond motifs is 1. The summed E-state index contributed by atoms with van der Waals surface area (Å²) in [6, 6.07) is 8.15. The van der Waals surface area contributed by atoms with Crippen LogP contribution < -0.4 is 5.73 Å². The molecular formula is C12H16N2O. The van der Waals surface area contributed by atoms with E-state index in [1.165, 1.54) is 0 Å². The minimum Gasteiger partial charge on any atom is -0.459 e. The Labute approximate surface area is 89.5 Å². The topological polar surface area (TPSA) is 42.4 Å². The number of para-hydroxylation sites is 1. The molecule has 0 atom stereocenters. The molecule has 0 aliphatic heterocycles. The number of nitrogens with two attached hydrogens (primary N) is 1. The molecule has 0 saturated carbocycles. The second-order valence-electron chi connectivity index (χ2n) is 3.99. The van der Waals surface area contributed by atoms with Gasteiger partial charge < -0.3 is 15.1 Å². The molecule has 0 aliphatic carbocycles. The minimum atomic E-state index is 0.520. The summed E-state index contributed by atoms with van der Waals surface area (Å²) in [5.41, 5.74) is 7.65. The number of hydrogen-bond donors (Lipinski definition) is 1. The van der Waals surface area contributed by atoms with Crippen molar-refractivity contribution < 1.29 is 4.42 Å². The summed E-state index contributed by atoms with van der Waals surface area (Å²) in [5.74, 6) is 0.982. The molecule has 1 heterocycles. The molecule has 0 aliphatic rings. The lowest BCUT2D eigenvalue weighted by molar-refractivity contribution is 0.358. The average molecular weight is 204 g/mol. The van der Waals surface area contributed by atoms with E-state index in [4.69, 9.17) is 10.2 Å². The van der Waals surface area contributed by atoms with E-state index in [0.29, 0.717) is 6.54 Å². The number of furan rings is 1. The molecule has 1 aromatic carbocycles. The van der Waals surface area contributed by atoms with Crippen molar-refractivity contribution in [3.8, 4) is 0 Å². The molecule has 15 heavy (non-hydrogen) atoms. The molecule has 0 unspecified atom stereocenters. The van der Waals surface area contributed by atoms with Crippen LogP contribution in [0.5, 0.6) is 0 Å². The summed E-state index contributed by atoms with van der Waals surface area (Å²) in [6.45, 7) is 1.34. The van der Waals surface area contributed by atoms with Crippen molar-refractivity contribution in [3.63, 3.8) is 0 Å². The van der Waals surface area contributed by atoms with Gasteiger partial charge in [-0.2, -0.15) is 0 Å². The Morgan fingerprint density at radius 1 is 1.33 bits per heavy atom. The normalized spacial score (nSPS) is 11.5. The molecule has 0 radical (unpaired) electrons. The molecule has 1 aromatic heterocycles. The van der Waals surface area contributed by atoms with E-state index in [0.717, 1.165) is 28.8 Å². The van der Waals surface area contributed by atoms with Gasteiger partial charge in [-0.25, -0.2) is 0 Å². The fraction of sp³-hybridized carbons (Fsp3) is 0.333. The van der Waals surface area contributed by atoms with Crippen LogP contribution in [-0.4, -0.2) is 19.0 Å². The van der Waals surface area contributed by atoms with E-state index >= 15 is 0 Å². The second kappa shape index (κ2) is 4.04. The van der Waals surface area contributed by atoms with Gasteiger partial charge in [-0.15, -0.1) is 0 Å². The van der Waals surface area contributed by atoms with Gasteiger partial charge in [0.1, 0.15) is 11.3 Å². The van der Waals surface area contributed by atoms with Crippen molar-refractivity contribution in [2.24, 2.45) is 5.73 Å². The van der Waals surface area contributed by atoms with E-state index in [1.54, 1.807) is 0 Å². The maximum absolute atomic E-state index is 5.78. The van der Waals surface area contributed by atoms with Crippen LogP contribution in [0.1, 0.15) is 11.3 Å². The van der Waals surface area contributed by atoms with Crippen LogP contribution in [0, 0.1) is 0 Å². The van der Waals surface area contributed by atoms with Crippen molar-refractivity contribution in [1.29, 1.82) is 0 Å². The van der Waals surface area contributed by atoms with Gasteiger partial charge in [0, 0.05) is 17.5 Å². The Morgan fingerprint density at radius 2 is 2.13 bits per heavy atom. The standard InChI is InChI=1S/C12H16N2O/c1-14(2)8-11-6-9-4-3-5-10(7-13)12(9)15-11/h3-6H,7-8,13H2,1-2H3. The summed E-state index contributed by atoms with van der Waals surface area (Å²) in [6.07, 6.45) is 0. The summed E-state index contributed by atoms with van der Waals surface area (Å²) in [4.78, 5) is 2.08. The Morgan fingerprint density at radius 3 is 2.80 bits per heavy atom. The van der Waals surface area contributed by atoms with Crippen molar-refractivity contribution in [2.75, 3.05) is 14.1 Å². The quantitative estimate of drug-likeness (QED) is 0.831. The lowest BCUT2D eigenvalue weighted by Gasteiger charge is -2.05. The van der Waals surface area contributed by atoms with Gasteiger partial charge in [0.25, 0.3) is 0 Å². The average Bonchev–Trinajstić information content (AvgIpc) is 2.58. The van der Waals surface area contributed by atoms with Crippen molar-refractivity contribution in [1.82, 2.24) is 4.90 Å². The molecule has 2 N–H and O–H groups in total. The third-order valence-electron chi connectivity index (χ3n) is 2.37. The molecule has 2 rings (SSSR count). The first-order chi connectivity index (χ1) is 7.20. The zero-order valence-electron chi connectivity index (χ0n) is 9.16. The van der Waals surface area contributed by atoms with Gasteiger partial charge in [0.2, 0.25) is 0 Å². The lowest BCUT2D eigenvalue weighted by atomic mass is 10.1. The number of hydrogen-bond acceptors (Lipinski definition) is 3. The zero-order chi connectivity index (χ0) is 10.8. The van der Waals surface area contributed by atoms with Gasteiger partial charge >= 0.3 is 0 Å². The number of nitrogens with zero attached hydrogens (tertiary/aromatic N) is 1. The van der Waals surface area contributed by atoms with Crippen LogP contribution >= 0.6 is 0 Å². The molecule has 2 aromatic rings. The maximum atomic E-state index is 5.78. The summed E-state index contributed by atoms with van der Waals surface area (Å²) in [5, 5.41) is 1.13. The third kappa shape index (κ3) is 2.03. The predicted octanol–water partition coefficient (Wildman–Crippen LogP) is 1.95. The molecular weight excluding hydrogens is 188 g/mol. The Bertz CT molecular complexity index is 460. The van der Waals surface area contributed by atoms with E-state index in [2.05, 4.69) is 17.0 Å². The first-order valence-electron chi connectivity index (χ1n) is 5.06. The summed E-state index contributed by atoms with van der Waals surface area (Å²) in [7, 11) is 4.05. The van der Waals surface area contributed by atoms with Crippen LogP contribution in [0.25, 0.3) is 11.0 Å². The van der Waals surface area contributed by atoms with E-state index in [1.807, 2.05) is 26.2 Å². The molecule has 0 amide bonds. The number of rotatable bonds is 3. The highest BCUT2D eigenvalue weighted by molar-refractivity contribution is 5.81. The molecule has 0 saturated heterocycles. The highest BCUT2D eigenvalue weighted by Crippen LogP contribution is 2.23. The SMILES string of the molecule is CN(C)Cc1cc2cccc(CN)c2o1. The molecule has 0 spiro atoms. The molecule has 0 bridgehead atoms.